The molecule has 1 nitrogen and oxygen atoms in total. The van der Waals surface area contributed by atoms with Crippen molar-refractivity contribution < 1.29 is 13.2 Å². The first kappa shape index (κ1) is 11.6. The second kappa shape index (κ2) is 4.85. The van der Waals surface area contributed by atoms with E-state index in [2.05, 4.69) is 11.8 Å². The smallest absolute Gasteiger partial charge is 0.330 e. The SMILES string of the molecule is NCCC#Cc1cccc(C(F)(F)F)c1. The standard InChI is InChI=1S/C11H10F3N/c12-11(13,14)10-6-3-5-9(8-10)4-1-2-7-15/h3,5-6,8H,2,7,15H2. The maximum atomic E-state index is 12.3. The minimum atomic E-state index is -4.31. The van der Waals surface area contributed by atoms with Crippen molar-refractivity contribution >= 4 is 0 Å². The van der Waals surface area contributed by atoms with Crippen LogP contribution in [0.4, 0.5) is 13.2 Å². The third-order valence-corrected chi connectivity index (χ3v) is 1.69. The Morgan fingerprint density at radius 2 is 2.00 bits per heavy atom. The maximum absolute atomic E-state index is 12.3. The number of hydrogen-bond acceptors (Lipinski definition) is 1. The van der Waals surface area contributed by atoms with Crippen molar-refractivity contribution in [2.45, 2.75) is 12.6 Å². The lowest BCUT2D eigenvalue weighted by molar-refractivity contribution is -0.137. The first-order chi connectivity index (χ1) is 7.04. The number of rotatable bonds is 1. The Bertz CT molecular complexity index is 385. The van der Waals surface area contributed by atoms with Crippen LogP contribution in [-0.4, -0.2) is 6.54 Å². The molecular weight excluding hydrogens is 203 g/mol. The monoisotopic (exact) mass is 213 g/mol. The van der Waals surface area contributed by atoms with Crippen molar-refractivity contribution in [3.05, 3.63) is 35.4 Å². The zero-order valence-electron chi connectivity index (χ0n) is 7.93. The molecule has 0 aromatic heterocycles. The molecule has 0 spiro atoms. The molecule has 0 aliphatic heterocycles. The van der Waals surface area contributed by atoms with E-state index < -0.39 is 11.7 Å². The lowest BCUT2D eigenvalue weighted by Crippen LogP contribution is -2.04. The van der Waals surface area contributed by atoms with Crippen LogP contribution in [0.15, 0.2) is 24.3 Å². The Kier molecular flexibility index (Phi) is 3.75. The molecule has 0 atom stereocenters. The van der Waals surface area contributed by atoms with Crippen molar-refractivity contribution in [3.63, 3.8) is 0 Å². The predicted molar refractivity (Wildman–Crippen MR) is 52.0 cm³/mol. The fourth-order valence-electron chi connectivity index (χ4n) is 1.01. The molecule has 4 heteroatoms. The average Bonchev–Trinajstić information content (AvgIpc) is 2.17. The van der Waals surface area contributed by atoms with Gasteiger partial charge in [0.25, 0.3) is 0 Å². The minimum absolute atomic E-state index is 0.360. The molecule has 0 bridgehead atoms. The largest absolute Gasteiger partial charge is 0.416 e. The minimum Gasteiger partial charge on any atom is -0.330 e. The molecule has 0 aliphatic rings. The summed E-state index contributed by atoms with van der Waals surface area (Å²) < 4.78 is 36.9. The quantitative estimate of drug-likeness (QED) is 0.712. The second-order valence-electron chi connectivity index (χ2n) is 2.92. The lowest BCUT2D eigenvalue weighted by atomic mass is 10.1. The highest BCUT2D eigenvalue weighted by molar-refractivity contribution is 5.37. The highest BCUT2D eigenvalue weighted by atomic mass is 19.4. The average molecular weight is 213 g/mol. The van der Waals surface area contributed by atoms with Gasteiger partial charge in [0.05, 0.1) is 5.56 Å². The zero-order chi connectivity index (χ0) is 11.3. The van der Waals surface area contributed by atoms with Crippen molar-refractivity contribution in [2.24, 2.45) is 5.73 Å². The third-order valence-electron chi connectivity index (χ3n) is 1.69. The predicted octanol–water partition coefficient (Wildman–Crippen LogP) is 2.41. The Hall–Kier alpha value is -1.47. The van der Waals surface area contributed by atoms with E-state index in [1.165, 1.54) is 6.07 Å². The fourth-order valence-corrected chi connectivity index (χ4v) is 1.01. The molecule has 0 saturated carbocycles. The molecular formula is C11H10F3N. The van der Waals surface area contributed by atoms with E-state index in [1.54, 1.807) is 6.07 Å². The van der Waals surface area contributed by atoms with E-state index in [4.69, 9.17) is 5.73 Å². The van der Waals surface area contributed by atoms with Gasteiger partial charge in [-0.15, -0.1) is 0 Å². The van der Waals surface area contributed by atoms with Gasteiger partial charge < -0.3 is 5.73 Å². The molecule has 1 rings (SSSR count). The number of hydrogen-bond donors (Lipinski definition) is 1. The number of halogens is 3. The summed E-state index contributed by atoms with van der Waals surface area (Å²) in [7, 11) is 0. The number of nitrogens with two attached hydrogens (primary N) is 1. The molecule has 1 aromatic carbocycles. The number of benzene rings is 1. The molecule has 2 N–H and O–H groups in total. The second-order valence-corrected chi connectivity index (χ2v) is 2.92. The van der Waals surface area contributed by atoms with Crippen LogP contribution in [0, 0.1) is 11.8 Å². The van der Waals surface area contributed by atoms with E-state index in [0.717, 1.165) is 12.1 Å². The normalized spacial score (nSPS) is 10.7. The summed E-state index contributed by atoms with van der Waals surface area (Å²) in [5.74, 6) is 5.32. The summed E-state index contributed by atoms with van der Waals surface area (Å²) in [4.78, 5) is 0. The number of alkyl halides is 3. The Balaban J connectivity index is 2.90. The molecule has 0 radical (unpaired) electrons. The molecule has 0 fully saturated rings. The van der Waals surface area contributed by atoms with Gasteiger partial charge in [0.15, 0.2) is 0 Å². The van der Waals surface area contributed by atoms with Crippen LogP contribution >= 0.6 is 0 Å². The van der Waals surface area contributed by atoms with Gasteiger partial charge in [-0.3, -0.25) is 0 Å². The lowest BCUT2D eigenvalue weighted by Gasteiger charge is -2.05. The van der Waals surface area contributed by atoms with Gasteiger partial charge in [0.2, 0.25) is 0 Å². The van der Waals surface area contributed by atoms with Gasteiger partial charge in [-0.05, 0) is 18.2 Å². The Labute approximate surface area is 86.1 Å². The molecule has 1 aromatic rings. The van der Waals surface area contributed by atoms with Crippen molar-refractivity contribution in [2.75, 3.05) is 6.54 Å². The van der Waals surface area contributed by atoms with Crippen molar-refractivity contribution in [1.29, 1.82) is 0 Å². The van der Waals surface area contributed by atoms with E-state index in [9.17, 15) is 13.2 Å². The van der Waals surface area contributed by atoms with Crippen LogP contribution in [0.25, 0.3) is 0 Å². The Morgan fingerprint density at radius 1 is 1.27 bits per heavy atom. The van der Waals surface area contributed by atoms with E-state index >= 15 is 0 Å². The topological polar surface area (TPSA) is 26.0 Å². The van der Waals surface area contributed by atoms with Crippen LogP contribution in [0.1, 0.15) is 17.5 Å². The van der Waals surface area contributed by atoms with E-state index in [1.807, 2.05) is 0 Å². The molecule has 0 heterocycles. The van der Waals surface area contributed by atoms with E-state index in [-0.39, 0.29) is 0 Å². The van der Waals surface area contributed by atoms with Crippen molar-refractivity contribution in [3.8, 4) is 11.8 Å². The van der Waals surface area contributed by atoms with Gasteiger partial charge in [-0.1, -0.05) is 17.9 Å². The Morgan fingerprint density at radius 3 is 2.60 bits per heavy atom. The summed E-state index contributed by atoms with van der Waals surface area (Å²) >= 11 is 0. The van der Waals surface area contributed by atoms with Gasteiger partial charge in [0.1, 0.15) is 0 Å². The molecule has 0 saturated heterocycles. The summed E-state index contributed by atoms with van der Waals surface area (Å²) in [6.07, 6.45) is -3.83. The summed E-state index contributed by atoms with van der Waals surface area (Å²) in [5, 5.41) is 0. The van der Waals surface area contributed by atoms with Gasteiger partial charge in [0, 0.05) is 18.5 Å². The highest BCUT2D eigenvalue weighted by Crippen LogP contribution is 2.29. The molecule has 0 amide bonds. The van der Waals surface area contributed by atoms with Crippen LogP contribution < -0.4 is 5.73 Å². The van der Waals surface area contributed by atoms with Crippen LogP contribution in [0.3, 0.4) is 0 Å². The summed E-state index contributed by atoms with van der Waals surface area (Å²) in [6.45, 7) is 0.409. The van der Waals surface area contributed by atoms with Gasteiger partial charge in [-0.2, -0.15) is 13.2 Å². The van der Waals surface area contributed by atoms with Crippen molar-refractivity contribution in [1.82, 2.24) is 0 Å². The molecule has 80 valence electrons. The molecule has 15 heavy (non-hydrogen) atoms. The molecule has 0 unspecified atom stereocenters. The van der Waals surface area contributed by atoms with Crippen LogP contribution in [0.5, 0.6) is 0 Å². The zero-order valence-corrected chi connectivity index (χ0v) is 7.93. The molecule has 0 aliphatic carbocycles. The van der Waals surface area contributed by atoms with Crippen LogP contribution in [0.2, 0.25) is 0 Å². The summed E-state index contributed by atoms with van der Waals surface area (Å²) in [6, 6.07) is 4.94. The van der Waals surface area contributed by atoms with Crippen LogP contribution in [-0.2, 0) is 6.18 Å². The van der Waals surface area contributed by atoms with E-state index in [0.29, 0.717) is 18.5 Å². The van der Waals surface area contributed by atoms with Gasteiger partial charge in [-0.25, -0.2) is 0 Å². The fraction of sp³-hybridized carbons (Fsp3) is 0.273. The summed E-state index contributed by atoms with van der Waals surface area (Å²) in [5.41, 5.74) is 4.89. The van der Waals surface area contributed by atoms with Gasteiger partial charge >= 0.3 is 6.18 Å². The first-order valence-corrected chi connectivity index (χ1v) is 4.40. The first-order valence-electron chi connectivity index (χ1n) is 4.40. The maximum Gasteiger partial charge on any atom is 0.416 e. The highest BCUT2D eigenvalue weighted by Gasteiger charge is 2.30. The third kappa shape index (κ3) is 3.64.